The Morgan fingerprint density at radius 1 is 0.857 bits per heavy atom. The normalized spacial score (nSPS) is 10.8. The number of hydrogen-bond donors (Lipinski definition) is 2. The van der Waals surface area contributed by atoms with Gasteiger partial charge in [-0.25, -0.2) is 0 Å². The summed E-state index contributed by atoms with van der Waals surface area (Å²) in [5.74, 6) is 2.45. The zero-order valence-electron chi connectivity index (χ0n) is 16.7. The van der Waals surface area contributed by atoms with Crippen molar-refractivity contribution in [1.82, 2.24) is 10.6 Å². The number of ether oxygens (including phenoxy) is 3. The van der Waals surface area contributed by atoms with Crippen LogP contribution in [0.15, 0.2) is 53.5 Å². The Morgan fingerprint density at radius 2 is 1.46 bits per heavy atom. The molecular formula is C21H30IN3O3. The average molecular weight is 499 g/mol. The summed E-state index contributed by atoms with van der Waals surface area (Å²) in [5, 5.41) is 6.53. The Bertz CT molecular complexity index is 691. The molecule has 0 saturated carbocycles. The van der Waals surface area contributed by atoms with Crippen LogP contribution in [-0.4, -0.2) is 46.5 Å². The minimum Gasteiger partial charge on any atom is -0.492 e. The molecule has 0 aliphatic carbocycles. The van der Waals surface area contributed by atoms with E-state index in [1.54, 1.807) is 14.2 Å². The first-order chi connectivity index (χ1) is 13.2. The molecule has 0 spiro atoms. The van der Waals surface area contributed by atoms with Crippen LogP contribution in [0.4, 0.5) is 0 Å². The number of nitrogens with zero attached hydrogens (tertiary/aromatic N) is 1. The summed E-state index contributed by atoms with van der Waals surface area (Å²) in [6.45, 7) is 5.10. The quantitative estimate of drug-likeness (QED) is 0.227. The standard InChI is InChI=1S/C21H29N3O3.HI/c1-17-4-8-19(9-5-17)26-13-12-23-21(22-2)24-16-18-6-10-20(11-7-18)27-15-14-25-3;/h4-11H,12-16H2,1-3H3,(H2,22,23,24);1H. The summed E-state index contributed by atoms with van der Waals surface area (Å²) in [7, 11) is 3.41. The fraction of sp³-hybridized carbons (Fsp3) is 0.381. The maximum absolute atomic E-state index is 5.70. The Kier molecular flexibility index (Phi) is 12.1. The highest BCUT2D eigenvalue weighted by Gasteiger charge is 2.00. The zero-order valence-corrected chi connectivity index (χ0v) is 19.1. The van der Waals surface area contributed by atoms with Crippen molar-refractivity contribution in [2.24, 2.45) is 4.99 Å². The molecule has 0 aromatic heterocycles. The lowest BCUT2D eigenvalue weighted by atomic mass is 10.2. The number of hydrogen-bond acceptors (Lipinski definition) is 4. The molecule has 0 amide bonds. The smallest absolute Gasteiger partial charge is 0.191 e. The summed E-state index contributed by atoms with van der Waals surface area (Å²) in [6.07, 6.45) is 0. The predicted octanol–water partition coefficient (Wildman–Crippen LogP) is 3.38. The molecule has 7 heteroatoms. The molecule has 0 aliphatic rings. The Labute approximate surface area is 184 Å². The number of aryl methyl sites for hydroxylation is 1. The monoisotopic (exact) mass is 499 g/mol. The second kappa shape index (κ2) is 14.1. The van der Waals surface area contributed by atoms with Gasteiger partial charge in [-0.15, -0.1) is 24.0 Å². The summed E-state index contributed by atoms with van der Waals surface area (Å²) in [4.78, 5) is 4.23. The van der Waals surface area contributed by atoms with Gasteiger partial charge in [0.1, 0.15) is 24.7 Å². The molecule has 2 rings (SSSR count). The highest BCUT2D eigenvalue weighted by Crippen LogP contribution is 2.12. The number of halogens is 1. The summed E-state index contributed by atoms with van der Waals surface area (Å²) in [6, 6.07) is 16.0. The van der Waals surface area contributed by atoms with Gasteiger partial charge in [0.05, 0.1) is 13.2 Å². The van der Waals surface area contributed by atoms with E-state index in [0.29, 0.717) is 32.9 Å². The van der Waals surface area contributed by atoms with Gasteiger partial charge < -0.3 is 24.8 Å². The summed E-state index contributed by atoms with van der Waals surface area (Å²) >= 11 is 0. The third-order valence-corrected chi connectivity index (χ3v) is 3.85. The Hall–Kier alpha value is -2.00. The lowest BCUT2D eigenvalue weighted by molar-refractivity contribution is 0.146. The molecule has 2 aromatic rings. The van der Waals surface area contributed by atoms with Crippen LogP contribution in [0, 0.1) is 6.92 Å². The fourth-order valence-electron chi connectivity index (χ4n) is 2.33. The van der Waals surface area contributed by atoms with E-state index in [0.717, 1.165) is 23.0 Å². The highest BCUT2D eigenvalue weighted by atomic mass is 127. The first kappa shape index (κ1) is 24.0. The van der Waals surface area contributed by atoms with E-state index < -0.39 is 0 Å². The van der Waals surface area contributed by atoms with Crippen LogP contribution >= 0.6 is 24.0 Å². The second-order valence-electron chi connectivity index (χ2n) is 6.00. The minimum absolute atomic E-state index is 0. The lowest BCUT2D eigenvalue weighted by Crippen LogP contribution is -2.38. The number of rotatable bonds is 10. The molecule has 2 N–H and O–H groups in total. The molecule has 0 atom stereocenters. The number of guanidine groups is 1. The van der Waals surface area contributed by atoms with Gasteiger partial charge in [-0.1, -0.05) is 29.8 Å². The van der Waals surface area contributed by atoms with Crippen molar-refractivity contribution in [2.75, 3.05) is 40.5 Å². The number of nitrogens with one attached hydrogen (secondary N) is 2. The van der Waals surface area contributed by atoms with E-state index in [2.05, 4.69) is 22.5 Å². The number of benzene rings is 2. The van der Waals surface area contributed by atoms with Crippen LogP contribution in [0.3, 0.4) is 0 Å². The minimum atomic E-state index is 0. The third-order valence-electron chi connectivity index (χ3n) is 3.85. The molecule has 0 aliphatic heterocycles. The number of aliphatic imine (C=N–C) groups is 1. The molecule has 0 bridgehead atoms. The van der Waals surface area contributed by atoms with E-state index in [9.17, 15) is 0 Å². The molecule has 0 heterocycles. The van der Waals surface area contributed by atoms with Crippen LogP contribution in [0.25, 0.3) is 0 Å². The van der Waals surface area contributed by atoms with Gasteiger partial charge in [0.15, 0.2) is 5.96 Å². The first-order valence-corrected chi connectivity index (χ1v) is 9.06. The zero-order chi connectivity index (χ0) is 19.3. The van der Waals surface area contributed by atoms with Crippen LogP contribution < -0.4 is 20.1 Å². The van der Waals surface area contributed by atoms with Gasteiger partial charge in [-0.05, 0) is 36.8 Å². The molecule has 2 aromatic carbocycles. The second-order valence-corrected chi connectivity index (χ2v) is 6.00. The van der Waals surface area contributed by atoms with Gasteiger partial charge in [-0.2, -0.15) is 0 Å². The van der Waals surface area contributed by atoms with Crippen LogP contribution in [0.2, 0.25) is 0 Å². The lowest BCUT2D eigenvalue weighted by Gasteiger charge is -2.13. The molecular weight excluding hydrogens is 469 g/mol. The molecule has 28 heavy (non-hydrogen) atoms. The van der Waals surface area contributed by atoms with E-state index >= 15 is 0 Å². The van der Waals surface area contributed by atoms with Crippen molar-refractivity contribution >= 4 is 29.9 Å². The van der Waals surface area contributed by atoms with Gasteiger partial charge in [0, 0.05) is 20.7 Å². The molecule has 0 radical (unpaired) electrons. The van der Waals surface area contributed by atoms with E-state index in [1.807, 2.05) is 48.5 Å². The first-order valence-electron chi connectivity index (χ1n) is 9.06. The molecule has 154 valence electrons. The molecule has 0 unspecified atom stereocenters. The largest absolute Gasteiger partial charge is 0.492 e. The van der Waals surface area contributed by atoms with Crippen molar-refractivity contribution in [1.29, 1.82) is 0 Å². The van der Waals surface area contributed by atoms with Crippen LogP contribution in [0.1, 0.15) is 11.1 Å². The molecule has 6 nitrogen and oxygen atoms in total. The van der Waals surface area contributed by atoms with E-state index in [-0.39, 0.29) is 24.0 Å². The molecule has 0 fully saturated rings. The maximum Gasteiger partial charge on any atom is 0.191 e. The predicted molar refractivity (Wildman–Crippen MR) is 124 cm³/mol. The topological polar surface area (TPSA) is 64.1 Å². The van der Waals surface area contributed by atoms with Crippen molar-refractivity contribution in [3.63, 3.8) is 0 Å². The SMILES string of the molecule is CN=C(NCCOc1ccc(C)cc1)NCc1ccc(OCCOC)cc1.I. The average Bonchev–Trinajstić information content (AvgIpc) is 2.70. The van der Waals surface area contributed by atoms with Gasteiger partial charge >= 0.3 is 0 Å². The van der Waals surface area contributed by atoms with Crippen LogP contribution in [-0.2, 0) is 11.3 Å². The Balaban J connectivity index is 0.00000392. The highest BCUT2D eigenvalue weighted by molar-refractivity contribution is 14.0. The number of methoxy groups -OCH3 is 1. The van der Waals surface area contributed by atoms with Crippen molar-refractivity contribution in [3.05, 3.63) is 59.7 Å². The maximum atomic E-state index is 5.70. The van der Waals surface area contributed by atoms with Gasteiger partial charge in [-0.3, -0.25) is 4.99 Å². The Morgan fingerprint density at radius 3 is 2.07 bits per heavy atom. The van der Waals surface area contributed by atoms with Gasteiger partial charge in [0.25, 0.3) is 0 Å². The van der Waals surface area contributed by atoms with E-state index in [4.69, 9.17) is 14.2 Å². The van der Waals surface area contributed by atoms with Crippen molar-refractivity contribution in [2.45, 2.75) is 13.5 Å². The van der Waals surface area contributed by atoms with E-state index in [1.165, 1.54) is 5.56 Å². The van der Waals surface area contributed by atoms with Crippen LogP contribution in [0.5, 0.6) is 11.5 Å². The fourth-order valence-corrected chi connectivity index (χ4v) is 2.33. The summed E-state index contributed by atoms with van der Waals surface area (Å²) < 4.78 is 16.2. The van der Waals surface area contributed by atoms with Crippen molar-refractivity contribution < 1.29 is 14.2 Å². The van der Waals surface area contributed by atoms with Crippen molar-refractivity contribution in [3.8, 4) is 11.5 Å². The third kappa shape index (κ3) is 9.27. The van der Waals surface area contributed by atoms with Gasteiger partial charge in [0.2, 0.25) is 0 Å². The summed E-state index contributed by atoms with van der Waals surface area (Å²) in [5.41, 5.74) is 2.37. The molecule has 0 saturated heterocycles.